The number of allylic oxidation sites excluding steroid dienone is 4. The number of aliphatic hydroxyl groups is 1. The monoisotopic (exact) mass is 214 g/mol. The molecule has 0 aliphatic rings. The predicted molar refractivity (Wildman–Crippen MR) is 69.6 cm³/mol. The minimum Gasteiger partial charge on any atom is -0.377 e. The summed E-state index contributed by atoms with van der Waals surface area (Å²) in [6, 6.07) is 0. The highest BCUT2D eigenvalue weighted by Crippen LogP contribution is 1.94. The summed E-state index contributed by atoms with van der Waals surface area (Å²) in [4.78, 5) is 0. The van der Waals surface area contributed by atoms with Crippen molar-refractivity contribution < 1.29 is 5.11 Å². The van der Waals surface area contributed by atoms with E-state index in [0.29, 0.717) is 0 Å². The Morgan fingerprint density at radius 1 is 1.31 bits per heavy atom. The number of aliphatic hydroxyl groups excluding tert-OH is 1. The lowest BCUT2D eigenvalue weighted by Gasteiger charge is -1.86. The highest BCUT2D eigenvalue weighted by atomic mass is 16.3. The van der Waals surface area contributed by atoms with Crippen LogP contribution in [-0.4, -0.2) is 11.2 Å². The Labute approximate surface area is 98.6 Å². The van der Waals surface area contributed by atoms with Crippen molar-refractivity contribution in [2.75, 3.05) is 0 Å². The lowest BCUT2D eigenvalue weighted by atomic mass is 10.2. The molecule has 0 radical (unpaired) electrons. The van der Waals surface area contributed by atoms with Crippen LogP contribution in [0.2, 0.25) is 0 Å². The van der Waals surface area contributed by atoms with Gasteiger partial charge in [0.05, 0.1) is 0 Å². The summed E-state index contributed by atoms with van der Waals surface area (Å²) in [5, 5.41) is 8.99. The van der Waals surface area contributed by atoms with Crippen LogP contribution in [0.4, 0.5) is 0 Å². The summed E-state index contributed by atoms with van der Waals surface area (Å²) >= 11 is 0. The smallest absolute Gasteiger partial charge is 0.134 e. The van der Waals surface area contributed by atoms with Gasteiger partial charge in [0, 0.05) is 0 Å². The van der Waals surface area contributed by atoms with Crippen LogP contribution in [0.15, 0.2) is 37.0 Å². The Morgan fingerprint density at radius 3 is 2.81 bits per heavy atom. The molecule has 84 valence electrons. The van der Waals surface area contributed by atoms with Gasteiger partial charge in [-0.15, -0.1) is 0 Å². The first-order chi connectivity index (χ1) is 7.81. The molecule has 0 heterocycles. The quantitative estimate of drug-likeness (QED) is 0.323. The lowest BCUT2D eigenvalue weighted by molar-refractivity contribution is 0.281. The van der Waals surface area contributed by atoms with E-state index in [1.165, 1.54) is 18.9 Å². The Kier molecular flexibility index (Phi) is 10.2. The van der Waals surface area contributed by atoms with Crippen LogP contribution < -0.4 is 0 Å². The molecule has 0 aromatic carbocycles. The number of hydrogen-bond acceptors (Lipinski definition) is 1. The van der Waals surface area contributed by atoms with Crippen LogP contribution in [-0.2, 0) is 0 Å². The summed E-state index contributed by atoms with van der Waals surface area (Å²) in [6.07, 6.45) is 11.8. The molecule has 1 N–H and O–H groups in total. The first-order valence-electron chi connectivity index (χ1n) is 5.44. The maximum Gasteiger partial charge on any atom is 0.134 e. The van der Waals surface area contributed by atoms with Crippen LogP contribution in [0.3, 0.4) is 0 Å². The summed E-state index contributed by atoms with van der Waals surface area (Å²) < 4.78 is 0. The van der Waals surface area contributed by atoms with E-state index in [2.05, 4.69) is 43.3 Å². The van der Waals surface area contributed by atoms with Gasteiger partial charge >= 0.3 is 0 Å². The van der Waals surface area contributed by atoms with E-state index in [0.717, 1.165) is 6.42 Å². The van der Waals surface area contributed by atoms with Crippen molar-refractivity contribution in [3.63, 3.8) is 0 Å². The van der Waals surface area contributed by atoms with Gasteiger partial charge in [-0.3, -0.25) is 0 Å². The minimum absolute atomic E-state index is 0.785. The Bertz CT molecular complexity index is 352. The fourth-order valence-corrected chi connectivity index (χ4v) is 0.847. The lowest BCUT2D eigenvalue weighted by Crippen LogP contribution is -1.94. The molecular weight excluding hydrogens is 196 g/mol. The molecule has 0 aromatic rings. The average Bonchev–Trinajstić information content (AvgIpc) is 2.31. The standard InChI is InChI=1S/C15H18O/c1-3-5-6-7-8-9-10-11-12-13-14-15(16)4-2/h4,7-10,15-16H,2-3,5-6H2,1H3. The third kappa shape index (κ3) is 10.4. The third-order valence-electron chi connectivity index (χ3n) is 1.73. The van der Waals surface area contributed by atoms with Crippen LogP contribution in [0, 0.1) is 23.7 Å². The molecule has 0 amide bonds. The number of hydrogen-bond donors (Lipinski definition) is 1. The zero-order valence-corrected chi connectivity index (χ0v) is 9.74. The molecular formula is C15H18O. The van der Waals surface area contributed by atoms with Gasteiger partial charge in [0.1, 0.15) is 6.10 Å². The zero-order chi connectivity index (χ0) is 12.1. The first-order valence-corrected chi connectivity index (χ1v) is 5.44. The maximum absolute atomic E-state index is 8.99. The fraction of sp³-hybridized carbons (Fsp3) is 0.333. The molecule has 0 aliphatic heterocycles. The SMILES string of the molecule is C=CC(O)C#CC#CC=CC=CCCCC. The molecule has 0 rings (SSSR count). The average molecular weight is 214 g/mol. The summed E-state index contributed by atoms with van der Waals surface area (Å²) in [7, 11) is 0. The van der Waals surface area contributed by atoms with Crippen molar-refractivity contribution in [2.45, 2.75) is 32.3 Å². The van der Waals surface area contributed by atoms with E-state index < -0.39 is 6.10 Å². The van der Waals surface area contributed by atoms with E-state index in [1.807, 2.05) is 12.2 Å². The Hall–Kier alpha value is -1.70. The minimum atomic E-state index is -0.785. The molecule has 0 saturated heterocycles. The van der Waals surface area contributed by atoms with Crippen LogP contribution >= 0.6 is 0 Å². The van der Waals surface area contributed by atoms with Crippen LogP contribution in [0.1, 0.15) is 26.2 Å². The summed E-state index contributed by atoms with van der Waals surface area (Å²) in [5.41, 5.74) is 0. The molecule has 1 nitrogen and oxygen atoms in total. The molecule has 1 atom stereocenters. The largest absolute Gasteiger partial charge is 0.377 e. The van der Waals surface area contributed by atoms with Crippen molar-refractivity contribution in [1.82, 2.24) is 0 Å². The van der Waals surface area contributed by atoms with Gasteiger partial charge in [-0.1, -0.05) is 62.5 Å². The van der Waals surface area contributed by atoms with Crippen molar-refractivity contribution >= 4 is 0 Å². The Morgan fingerprint density at radius 2 is 2.12 bits per heavy atom. The predicted octanol–water partition coefficient (Wildman–Crippen LogP) is 2.84. The Balaban J connectivity index is 3.81. The molecule has 1 unspecified atom stereocenters. The number of rotatable bonds is 5. The highest BCUT2D eigenvalue weighted by molar-refractivity contribution is 5.33. The van der Waals surface area contributed by atoms with Gasteiger partial charge < -0.3 is 5.11 Å². The van der Waals surface area contributed by atoms with Crippen LogP contribution in [0.5, 0.6) is 0 Å². The molecule has 0 aliphatic carbocycles. The molecule has 0 bridgehead atoms. The zero-order valence-electron chi connectivity index (χ0n) is 9.74. The molecule has 0 saturated carbocycles. The fourth-order valence-electron chi connectivity index (χ4n) is 0.847. The summed E-state index contributed by atoms with van der Waals surface area (Å²) in [5.74, 6) is 10.4. The van der Waals surface area contributed by atoms with Crippen molar-refractivity contribution in [3.05, 3.63) is 37.0 Å². The molecule has 1 heteroatoms. The second-order valence-corrected chi connectivity index (χ2v) is 3.15. The number of unbranched alkanes of at least 4 members (excludes halogenated alkanes) is 2. The summed E-state index contributed by atoms with van der Waals surface area (Å²) in [6.45, 7) is 5.57. The van der Waals surface area contributed by atoms with E-state index in [4.69, 9.17) is 5.11 Å². The van der Waals surface area contributed by atoms with Gasteiger partial charge in [0.25, 0.3) is 0 Å². The van der Waals surface area contributed by atoms with Crippen molar-refractivity contribution in [2.24, 2.45) is 0 Å². The molecule has 16 heavy (non-hydrogen) atoms. The van der Waals surface area contributed by atoms with Gasteiger partial charge in [0.2, 0.25) is 0 Å². The molecule has 0 spiro atoms. The topological polar surface area (TPSA) is 20.2 Å². The van der Waals surface area contributed by atoms with E-state index in [1.54, 1.807) is 6.08 Å². The second kappa shape index (κ2) is 11.4. The molecule has 0 aromatic heterocycles. The van der Waals surface area contributed by atoms with E-state index in [9.17, 15) is 0 Å². The maximum atomic E-state index is 8.99. The van der Waals surface area contributed by atoms with Gasteiger partial charge in [-0.25, -0.2) is 0 Å². The second-order valence-electron chi connectivity index (χ2n) is 3.15. The normalized spacial score (nSPS) is 11.6. The van der Waals surface area contributed by atoms with Gasteiger partial charge in [-0.05, 0) is 24.3 Å². The highest BCUT2D eigenvalue weighted by Gasteiger charge is 1.83. The van der Waals surface area contributed by atoms with E-state index in [-0.39, 0.29) is 0 Å². The van der Waals surface area contributed by atoms with Crippen LogP contribution in [0.25, 0.3) is 0 Å². The van der Waals surface area contributed by atoms with Crippen molar-refractivity contribution in [3.8, 4) is 23.7 Å². The first kappa shape index (κ1) is 14.3. The third-order valence-corrected chi connectivity index (χ3v) is 1.73. The van der Waals surface area contributed by atoms with Gasteiger partial charge in [0.15, 0.2) is 0 Å². The van der Waals surface area contributed by atoms with Crippen molar-refractivity contribution in [1.29, 1.82) is 0 Å². The van der Waals surface area contributed by atoms with Gasteiger partial charge in [-0.2, -0.15) is 0 Å². The molecule has 0 fully saturated rings. The van der Waals surface area contributed by atoms with E-state index >= 15 is 0 Å².